The Kier molecular flexibility index (Phi) is 4.15. The minimum Gasteiger partial charge on any atom is -0.366 e. The van der Waals surface area contributed by atoms with Gasteiger partial charge in [-0.05, 0) is 35.6 Å². The van der Waals surface area contributed by atoms with Crippen molar-refractivity contribution >= 4 is 11.8 Å². The summed E-state index contributed by atoms with van der Waals surface area (Å²) in [6.07, 6.45) is 1.71. The molecule has 1 aliphatic rings. The summed E-state index contributed by atoms with van der Waals surface area (Å²) in [5, 5.41) is 3.02. The van der Waals surface area contributed by atoms with Crippen LogP contribution in [0.2, 0.25) is 0 Å². The maximum absolute atomic E-state index is 11.8. The molecule has 0 radical (unpaired) electrons. The third-order valence-corrected chi connectivity index (χ3v) is 4.47. The van der Waals surface area contributed by atoms with Crippen LogP contribution in [0.5, 0.6) is 0 Å². The molecule has 23 heavy (non-hydrogen) atoms. The Morgan fingerprint density at radius 3 is 2.22 bits per heavy atom. The van der Waals surface area contributed by atoms with Gasteiger partial charge in [0.15, 0.2) is 0 Å². The largest absolute Gasteiger partial charge is 0.366 e. The number of rotatable bonds is 3. The quantitative estimate of drug-likeness (QED) is 0.915. The van der Waals surface area contributed by atoms with Crippen LogP contribution in [0.15, 0.2) is 48.5 Å². The van der Waals surface area contributed by atoms with Gasteiger partial charge in [0.05, 0.1) is 6.04 Å². The average Bonchev–Trinajstić information content (AvgIpc) is 2.55. The van der Waals surface area contributed by atoms with Crippen LogP contribution in [0.25, 0.3) is 0 Å². The maximum atomic E-state index is 11.8. The van der Waals surface area contributed by atoms with Crippen molar-refractivity contribution in [2.75, 3.05) is 0 Å². The molecule has 0 aromatic heterocycles. The SMILES string of the molecule is CC(=O)NC1CCC(c2ccccc2C(N)=O)c2ccccc21. The molecule has 118 valence electrons. The predicted octanol–water partition coefficient (Wildman–Crippen LogP) is 2.89. The zero-order chi connectivity index (χ0) is 16.4. The topological polar surface area (TPSA) is 72.2 Å². The highest BCUT2D eigenvalue weighted by molar-refractivity contribution is 5.94. The molecule has 0 saturated heterocycles. The molecule has 4 nitrogen and oxygen atoms in total. The predicted molar refractivity (Wildman–Crippen MR) is 89.0 cm³/mol. The van der Waals surface area contributed by atoms with Crippen molar-refractivity contribution in [2.24, 2.45) is 5.73 Å². The van der Waals surface area contributed by atoms with Gasteiger partial charge in [-0.25, -0.2) is 0 Å². The number of fused-ring (bicyclic) bond motifs is 1. The van der Waals surface area contributed by atoms with Crippen LogP contribution in [0.4, 0.5) is 0 Å². The van der Waals surface area contributed by atoms with E-state index in [1.165, 1.54) is 6.92 Å². The van der Waals surface area contributed by atoms with Crippen molar-refractivity contribution < 1.29 is 9.59 Å². The molecule has 2 amide bonds. The summed E-state index contributed by atoms with van der Waals surface area (Å²) in [6, 6.07) is 15.6. The molecular formula is C19H20N2O2. The number of amides is 2. The van der Waals surface area contributed by atoms with Crippen LogP contribution in [0, 0.1) is 0 Å². The van der Waals surface area contributed by atoms with E-state index < -0.39 is 5.91 Å². The smallest absolute Gasteiger partial charge is 0.248 e. The number of hydrogen-bond donors (Lipinski definition) is 2. The average molecular weight is 308 g/mol. The molecule has 0 saturated carbocycles. The fraction of sp³-hybridized carbons (Fsp3) is 0.263. The molecule has 4 heteroatoms. The van der Waals surface area contributed by atoms with Gasteiger partial charge in [-0.3, -0.25) is 9.59 Å². The Bertz CT molecular complexity index is 755. The van der Waals surface area contributed by atoms with Crippen molar-refractivity contribution in [1.82, 2.24) is 5.32 Å². The van der Waals surface area contributed by atoms with Crippen LogP contribution in [-0.4, -0.2) is 11.8 Å². The maximum Gasteiger partial charge on any atom is 0.248 e. The summed E-state index contributed by atoms with van der Waals surface area (Å²) in [4.78, 5) is 23.2. The molecule has 2 atom stereocenters. The molecule has 0 fully saturated rings. The minimum absolute atomic E-state index is 0.0270. The number of carbonyl (C=O) groups is 2. The first-order valence-electron chi connectivity index (χ1n) is 7.82. The minimum atomic E-state index is -0.401. The second kappa shape index (κ2) is 6.24. The summed E-state index contributed by atoms with van der Waals surface area (Å²) in [5.74, 6) is -0.303. The van der Waals surface area contributed by atoms with Crippen molar-refractivity contribution in [3.05, 3.63) is 70.8 Å². The van der Waals surface area contributed by atoms with E-state index in [0.717, 1.165) is 29.5 Å². The van der Waals surface area contributed by atoms with Crippen molar-refractivity contribution in [3.63, 3.8) is 0 Å². The molecule has 3 N–H and O–H groups in total. The first kappa shape index (κ1) is 15.3. The Balaban J connectivity index is 2.06. The number of nitrogens with one attached hydrogen (secondary N) is 1. The summed E-state index contributed by atoms with van der Waals surface area (Å²) in [6.45, 7) is 1.54. The van der Waals surface area contributed by atoms with E-state index in [1.807, 2.05) is 30.3 Å². The third kappa shape index (κ3) is 2.97. The second-order valence-corrected chi connectivity index (χ2v) is 5.96. The third-order valence-electron chi connectivity index (χ3n) is 4.47. The standard InChI is InChI=1S/C19H20N2O2/c1-12(22)21-18-11-10-15(13-6-2-4-8-16(13)18)14-7-3-5-9-17(14)19(20)23/h2-9,15,18H,10-11H2,1H3,(H2,20,23)(H,21,22). The summed E-state index contributed by atoms with van der Waals surface area (Å²) >= 11 is 0. The van der Waals surface area contributed by atoms with E-state index in [-0.39, 0.29) is 17.9 Å². The van der Waals surface area contributed by atoms with Gasteiger partial charge in [0.25, 0.3) is 0 Å². The molecule has 2 aromatic carbocycles. The molecule has 0 spiro atoms. The summed E-state index contributed by atoms with van der Waals surface area (Å²) in [5.41, 5.74) is 9.36. The van der Waals surface area contributed by atoms with Gasteiger partial charge in [0.2, 0.25) is 11.8 Å². The lowest BCUT2D eigenvalue weighted by Crippen LogP contribution is -2.30. The fourth-order valence-electron chi connectivity index (χ4n) is 3.53. The van der Waals surface area contributed by atoms with Crippen LogP contribution >= 0.6 is 0 Å². The lowest BCUT2D eigenvalue weighted by atomic mass is 9.75. The Morgan fingerprint density at radius 2 is 1.57 bits per heavy atom. The van der Waals surface area contributed by atoms with Gasteiger partial charge in [-0.15, -0.1) is 0 Å². The van der Waals surface area contributed by atoms with Crippen LogP contribution in [-0.2, 0) is 4.79 Å². The second-order valence-electron chi connectivity index (χ2n) is 5.96. The van der Waals surface area contributed by atoms with Crippen LogP contribution in [0.1, 0.15) is 58.8 Å². The highest BCUT2D eigenvalue weighted by Gasteiger charge is 2.30. The van der Waals surface area contributed by atoms with Gasteiger partial charge in [0, 0.05) is 18.4 Å². The van der Waals surface area contributed by atoms with Gasteiger partial charge in [-0.1, -0.05) is 42.5 Å². The zero-order valence-electron chi connectivity index (χ0n) is 13.1. The van der Waals surface area contributed by atoms with E-state index in [1.54, 1.807) is 6.07 Å². The Labute approximate surface area is 135 Å². The number of benzene rings is 2. The number of nitrogens with two attached hydrogens (primary N) is 1. The highest BCUT2D eigenvalue weighted by Crippen LogP contribution is 2.42. The molecule has 1 aliphatic carbocycles. The van der Waals surface area contributed by atoms with Crippen LogP contribution < -0.4 is 11.1 Å². The van der Waals surface area contributed by atoms with Crippen molar-refractivity contribution in [1.29, 1.82) is 0 Å². The van der Waals surface area contributed by atoms with Gasteiger partial charge < -0.3 is 11.1 Å². The fourth-order valence-corrected chi connectivity index (χ4v) is 3.53. The van der Waals surface area contributed by atoms with Gasteiger partial charge in [-0.2, -0.15) is 0 Å². The highest BCUT2D eigenvalue weighted by atomic mass is 16.1. The van der Waals surface area contributed by atoms with Crippen molar-refractivity contribution in [2.45, 2.75) is 31.7 Å². The Hall–Kier alpha value is -2.62. The van der Waals surface area contributed by atoms with E-state index >= 15 is 0 Å². The first-order chi connectivity index (χ1) is 11.1. The molecule has 2 unspecified atom stereocenters. The molecule has 0 bridgehead atoms. The summed E-state index contributed by atoms with van der Waals surface area (Å²) < 4.78 is 0. The summed E-state index contributed by atoms with van der Waals surface area (Å²) in [7, 11) is 0. The van der Waals surface area contributed by atoms with E-state index in [0.29, 0.717) is 5.56 Å². The number of carbonyl (C=O) groups excluding carboxylic acids is 2. The number of hydrogen-bond acceptors (Lipinski definition) is 2. The van der Waals surface area contributed by atoms with E-state index in [9.17, 15) is 9.59 Å². The monoisotopic (exact) mass is 308 g/mol. The molecule has 3 rings (SSSR count). The van der Waals surface area contributed by atoms with Crippen molar-refractivity contribution in [3.8, 4) is 0 Å². The zero-order valence-corrected chi connectivity index (χ0v) is 13.1. The Morgan fingerprint density at radius 1 is 0.957 bits per heavy atom. The molecule has 2 aromatic rings. The molecule has 0 heterocycles. The van der Waals surface area contributed by atoms with Gasteiger partial charge in [0.1, 0.15) is 0 Å². The lowest BCUT2D eigenvalue weighted by Gasteiger charge is -2.32. The van der Waals surface area contributed by atoms with Gasteiger partial charge >= 0.3 is 0 Å². The van der Waals surface area contributed by atoms with E-state index in [2.05, 4.69) is 17.4 Å². The normalized spacial score (nSPS) is 19.7. The molecule has 0 aliphatic heterocycles. The number of primary amides is 1. The van der Waals surface area contributed by atoms with Crippen LogP contribution in [0.3, 0.4) is 0 Å². The lowest BCUT2D eigenvalue weighted by molar-refractivity contribution is -0.119. The first-order valence-corrected chi connectivity index (χ1v) is 7.82. The van der Waals surface area contributed by atoms with E-state index in [4.69, 9.17) is 5.73 Å². The molecular weight excluding hydrogens is 288 g/mol.